The van der Waals surface area contributed by atoms with Crippen molar-refractivity contribution in [1.29, 1.82) is 0 Å². The second-order valence-corrected chi connectivity index (χ2v) is 2.11. The SMILES string of the molecule is [2H]C([2H])(CBr)C([2H])([2H])C([2H])([2H])C([2H])([2H])C([2H])([2H])C([2H])([2H])C([2H])([2H])C(=O)OC. The summed E-state index contributed by atoms with van der Waals surface area (Å²) in [6.45, 7) is 0. The quantitative estimate of drug-likeness (QED) is 0.497. The maximum Gasteiger partial charge on any atom is 0.305 e. The van der Waals surface area contributed by atoms with Crippen LogP contribution in [0.5, 0.6) is 0 Å². The zero-order valence-corrected chi connectivity index (χ0v) is 8.49. The van der Waals surface area contributed by atoms with Crippen LogP contribution in [0.15, 0.2) is 0 Å². The highest BCUT2D eigenvalue weighted by molar-refractivity contribution is 9.09. The summed E-state index contributed by atoms with van der Waals surface area (Å²) in [5, 5.41) is -0.790. The average molecular weight is 265 g/mol. The Hall–Kier alpha value is -0.0500. The monoisotopic (exact) mass is 264 g/mol. The fourth-order valence-corrected chi connectivity index (χ4v) is 0.445. The Kier molecular flexibility index (Phi) is 2.12. The summed E-state index contributed by atoms with van der Waals surface area (Å²) in [7, 11) is 0.683. The van der Waals surface area contributed by atoms with Crippen LogP contribution in [0.1, 0.15) is 63.8 Å². The van der Waals surface area contributed by atoms with E-state index in [0.717, 1.165) is 0 Å². The first kappa shape index (κ1) is 2.75. The lowest BCUT2D eigenvalue weighted by atomic mass is 10.1. The molecule has 0 bridgehead atoms. The van der Waals surface area contributed by atoms with Crippen LogP contribution in [0.4, 0.5) is 0 Å². The molecule has 0 aromatic carbocycles. The first-order valence-corrected chi connectivity index (χ1v) is 4.31. The van der Waals surface area contributed by atoms with E-state index in [-0.39, 0.29) is 0 Å². The molecule has 0 N–H and O–H groups in total. The standard InChI is InChI=1S/C10H19BrO2/c1-13-10(12)8-6-4-2-3-5-7-9-11/h2-9H2,1H3/i2D2,3D2,4D2,5D2,6D2,7D2,8D2. The maximum absolute atomic E-state index is 11.5. The minimum atomic E-state index is -4.14. The fraction of sp³-hybridized carbons (Fsp3) is 0.900. The van der Waals surface area contributed by atoms with E-state index >= 15 is 0 Å². The van der Waals surface area contributed by atoms with Crippen LogP contribution in [0.3, 0.4) is 0 Å². The third-order valence-corrected chi connectivity index (χ3v) is 1.04. The molecule has 78 valence electrons. The molecule has 0 aliphatic carbocycles. The first-order chi connectivity index (χ1) is 11.5. The van der Waals surface area contributed by atoms with Crippen molar-refractivity contribution in [2.45, 2.75) is 44.6 Å². The molecule has 0 aromatic heterocycles. The molecule has 0 aliphatic heterocycles. The lowest BCUT2D eigenvalue weighted by molar-refractivity contribution is -0.140. The molecule has 0 fully saturated rings. The van der Waals surface area contributed by atoms with E-state index in [1.165, 1.54) is 0 Å². The molecule has 2 nitrogen and oxygen atoms in total. The van der Waals surface area contributed by atoms with Gasteiger partial charge in [-0.1, -0.05) is 41.4 Å². The van der Waals surface area contributed by atoms with Crippen LogP contribution >= 0.6 is 15.9 Å². The van der Waals surface area contributed by atoms with E-state index in [0.29, 0.717) is 7.11 Å². The van der Waals surface area contributed by atoms with Gasteiger partial charge in [-0.3, -0.25) is 4.79 Å². The van der Waals surface area contributed by atoms with Gasteiger partial charge in [0.25, 0.3) is 0 Å². The number of carbonyl (C=O) groups is 1. The number of hydrogen-bond acceptors (Lipinski definition) is 2. The summed E-state index contributed by atoms with van der Waals surface area (Å²) in [5.41, 5.74) is 0. The molecule has 0 saturated heterocycles. The Bertz CT molecular complexity index is 572. The first-order valence-electron chi connectivity index (χ1n) is 10.2. The third kappa shape index (κ3) is 9.87. The number of ether oxygens (including phenoxy) is 1. The van der Waals surface area contributed by atoms with Crippen LogP contribution in [0.2, 0.25) is 0 Å². The largest absolute Gasteiger partial charge is 0.469 e. The Morgan fingerprint density at radius 3 is 2.31 bits per heavy atom. The number of methoxy groups -OCH3 is 1. The molecule has 0 radical (unpaired) electrons. The molecule has 0 saturated carbocycles. The lowest BCUT2D eigenvalue weighted by Gasteiger charge is -2.00. The smallest absolute Gasteiger partial charge is 0.305 e. The van der Waals surface area contributed by atoms with Gasteiger partial charge >= 0.3 is 5.97 Å². The molecule has 0 spiro atoms. The lowest BCUT2D eigenvalue weighted by Crippen LogP contribution is -1.99. The normalized spacial score (nSPS) is 33.7. The molecule has 3 heteroatoms. The van der Waals surface area contributed by atoms with Crippen LogP contribution in [0.25, 0.3) is 0 Å². The Morgan fingerprint density at radius 1 is 1.23 bits per heavy atom. The molecule has 0 heterocycles. The van der Waals surface area contributed by atoms with Crippen molar-refractivity contribution < 1.29 is 28.7 Å². The number of esters is 1. The predicted octanol–water partition coefficient (Wildman–Crippen LogP) is 3.29. The van der Waals surface area contributed by atoms with Crippen molar-refractivity contribution in [3.63, 3.8) is 0 Å². The van der Waals surface area contributed by atoms with Crippen molar-refractivity contribution in [1.82, 2.24) is 0 Å². The van der Waals surface area contributed by atoms with Gasteiger partial charge in [-0.15, -0.1) is 0 Å². The second kappa shape index (κ2) is 10.0. The van der Waals surface area contributed by atoms with Gasteiger partial charge < -0.3 is 4.74 Å². The highest BCUT2D eigenvalue weighted by Crippen LogP contribution is 2.08. The van der Waals surface area contributed by atoms with Crippen LogP contribution in [-0.2, 0) is 9.53 Å². The minimum Gasteiger partial charge on any atom is -0.469 e. The van der Waals surface area contributed by atoms with E-state index in [1.807, 2.05) is 0 Å². The summed E-state index contributed by atoms with van der Waals surface area (Å²) in [6.07, 6.45) is -26.8. The van der Waals surface area contributed by atoms with Gasteiger partial charge in [0.15, 0.2) is 0 Å². The molecule has 0 aromatic rings. The summed E-state index contributed by atoms with van der Waals surface area (Å²) in [6, 6.07) is 0. The van der Waals surface area contributed by atoms with Crippen LogP contribution in [0, 0.1) is 0 Å². The van der Waals surface area contributed by atoms with Crippen LogP contribution in [-0.4, -0.2) is 18.4 Å². The number of hydrogen-bond donors (Lipinski definition) is 0. The van der Waals surface area contributed by atoms with Gasteiger partial charge in [-0.25, -0.2) is 0 Å². The number of rotatable bonds is 8. The van der Waals surface area contributed by atoms with Crippen molar-refractivity contribution >= 4 is 21.9 Å². The van der Waals surface area contributed by atoms with Gasteiger partial charge in [0.1, 0.15) is 0 Å². The van der Waals surface area contributed by atoms with Crippen molar-refractivity contribution in [2.75, 3.05) is 12.4 Å². The van der Waals surface area contributed by atoms with Gasteiger partial charge in [0.05, 0.1) is 7.11 Å². The van der Waals surface area contributed by atoms with Gasteiger partial charge in [-0.05, 0) is 12.7 Å². The fourth-order valence-electron chi connectivity index (χ4n) is 0.305. The number of carbonyl (C=O) groups excluding carboxylic acids is 1. The number of halogens is 1. The Morgan fingerprint density at radius 2 is 1.77 bits per heavy atom. The van der Waals surface area contributed by atoms with Gasteiger partial charge in [0, 0.05) is 30.9 Å². The zero-order chi connectivity index (χ0) is 22.5. The third-order valence-electron chi connectivity index (χ3n) is 0.755. The summed E-state index contributed by atoms with van der Waals surface area (Å²) in [5.74, 6) is -1.88. The average Bonchev–Trinajstić information content (AvgIpc) is 2.52. The maximum atomic E-state index is 11.5. The topological polar surface area (TPSA) is 26.3 Å². The molecular weight excluding hydrogens is 232 g/mol. The van der Waals surface area contributed by atoms with Gasteiger partial charge in [0.2, 0.25) is 0 Å². The molecule has 0 atom stereocenters. The molecule has 0 amide bonds. The zero-order valence-electron chi connectivity index (χ0n) is 20.9. The van der Waals surface area contributed by atoms with Crippen molar-refractivity contribution in [3.05, 3.63) is 0 Å². The van der Waals surface area contributed by atoms with Crippen molar-refractivity contribution in [3.8, 4) is 0 Å². The number of alkyl halides is 1. The second-order valence-electron chi connectivity index (χ2n) is 1.55. The highest BCUT2D eigenvalue weighted by Gasteiger charge is 1.98. The summed E-state index contributed by atoms with van der Waals surface area (Å²) >= 11 is 2.62. The minimum absolute atomic E-state index is 0.683. The van der Waals surface area contributed by atoms with Gasteiger partial charge in [-0.2, -0.15) is 0 Å². The molecule has 0 unspecified atom stereocenters. The van der Waals surface area contributed by atoms with Crippen molar-refractivity contribution in [2.24, 2.45) is 0 Å². The molecule has 0 aliphatic rings. The summed E-state index contributed by atoms with van der Waals surface area (Å²) in [4.78, 5) is 11.5. The Labute approximate surface area is 109 Å². The molecule has 0 rings (SSSR count). The van der Waals surface area contributed by atoms with Crippen LogP contribution < -0.4 is 0 Å². The molecule has 13 heavy (non-hydrogen) atoms. The van der Waals surface area contributed by atoms with E-state index in [9.17, 15) is 4.79 Å². The van der Waals surface area contributed by atoms with E-state index in [2.05, 4.69) is 20.7 Å². The summed E-state index contributed by atoms with van der Waals surface area (Å²) < 4.78 is 112. The van der Waals surface area contributed by atoms with E-state index in [1.54, 1.807) is 0 Å². The molecular formula is C10H19BrO2. The Balaban J connectivity index is 6.60. The predicted molar refractivity (Wildman–Crippen MR) is 58.1 cm³/mol. The van der Waals surface area contributed by atoms with E-state index in [4.69, 9.17) is 19.2 Å². The van der Waals surface area contributed by atoms with E-state index < -0.39 is 55.9 Å². The highest BCUT2D eigenvalue weighted by atomic mass is 79.9.